The molecule has 0 spiro atoms. The smallest absolute Gasteiger partial charge is 0.411 e. The summed E-state index contributed by atoms with van der Waals surface area (Å²) < 4.78 is 4.94. The van der Waals surface area contributed by atoms with E-state index >= 15 is 0 Å². The minimum absolute atomic E-state index is 0.00559. The van der Waals surface area contributed by atoms with E-state index in [0.717, 1.165) is 0 Å². The van der Waals surface area contributed by atoms with Crippen LogP contribution in [0.3, 0.4) is 0 Å². The van der Waals surface area contributed by atoms with Crippen LogP contribution in [-0.2, 0) is 4.74 Å². The molecule has 70 valence electrons. The largest absolute Gasteiger partial charge is 0.443 e. The van der Waals surface area contributed by atoms with Gasteiger partial charge in [0, 0.05) is 13.0 Å². The zero-order valence-corrected chi connectivity index (χ0v) is 7.46. The van der Waals surface area contributed by atoms with Crippen LogP contribution in [-0.4, -0.2) is 23.4 Å². The van der Waals surface area contributed by atoms with E-state index < -0.39 is 11.7 Å². The fraction of sp³-hybridized carbons (Fsp3) is 0.625. The molecule has 4 nitrogen and oxygen atoms in total. The summed E-state index contributed by atoms with van der Waals surface area (Å²) in [6.07, 6.45) is 1.11. The van der Waals surface area contributed by atoms with E-state index in [2.05, 4.69) is 11.9 Å². The van der Waals surface area contributed by atoms with Crippen LogP contribution in [0, 0.1) is 0 Å². The lowest BCUT2D eigenvalue weighted by Gasteiger charge is -2.23. The molecule has 0 fully saturated rings. The minimum atomic E-state index is -0.637. The molecule has 12 heavy (non-hydrogen) atoms. The number of carbonyl (C=O) groups excluding carboxylic acids is 1. The van der Waals surface area contributed by atoms with Gasteiger partial charge in [0.05, 0.1) is 0 Å². The van der Waals surface area contributed by atoms with Crippen LogP contribution in [0.1, 0.15) is 20.3 Å². The van der Waals surface area contributed by atoms with Crippen LogP contribution in [0.25, 0.3) is 0 Å². The van der Waals surface area contributed by atoms with E-state index in [1.54, 1.807) is 13.8 Å². The second-order valence-corrected chi connectivity index (χ2v) is 2.97. The Kier molecular flexibility index (Phi) is 4.36. The van der Waals surface area contributed by atoms with Crippen molar-refractivity contribution in [2.75, 3.05) is 6.61 Å². The Bertz CT molecular complexity index is 166. The van der Waals surface area contributed by atoms with E-state index in [9.17, 15) is 4.79 Å². The van der Waals surface area contributed by atoms with Gasteiger partial charge in [-0.15, -0.1) is 0 Å². The van der Waals surface area contributed by atoms with Gasteiger partial charge in [0.25, 0.3) is 0 Å². The van der Waals surface area contributed by atoms with Gasteiger partial charge < -0.3 is 9.84 Å². The maximum atomic E-state index is 10.8. The average molecular weight is 173 g/mol. The van der Waals surface area contributed by atoms with Crippen LogP contribution in [0.2, 0.25) is 0 Å². The first-order valence-corrected chi connectivity index (χ1v) is 3.73. The van der Waals surface area contributed by atoms with Crippen molar-refractivity contribution in [1.82, 2.24) is 5.32 Å². The van der Waals surface area contributed by atoms with E-state index in [4.69, 9.17) is 9.84 Å². The number of aliphatic hydroxyl groups is 1. The summed E-state index contributed by atoms with van der Waals surface area (Å²) in [4.78, 5) is 10.8. The van der Waals surface area contributed by atoms with Gasteiger partial charge in [-0.1, -0.05) is 6.58 Å². The maximum absolute atomic E-state index is 10.8. The van der Waals surface area contributed by atoms with Crippen molar-refractivity contribution in [2.45, 2.75) is 25.9 Å². The number of rotatable bonds is 4. The molecule has 0 aliphatic heterocycles. The molecule has 0 radical (unpaired) electrons. The zero-order valence-electron chi connectivity index (χ0n) is 7.46. The molecule has 0 saturated carbocycles. The predicted molar refractivity (Wildman–Crippen MR) is 45.6 cm³/mol. The minimum Gasteiger partial charge on any atom is -0.443 e. The van der Waals surface area contributed by atoms with Gasteiger partial charge in [-0.3, -0.25) is 5.32 Å². The molecule has 2 N–H and O–H groups in total. The Morgan fingerprint density at radius 3 is 2.75 bits per heavy atom. The molecule has 0 rings (SSSR count). The second kappa shape index (κ2) is 4.77. The first-order valence-electron chi connectivity index (χ1n) is 3.73. The Morgan fingerprint density at radius 2 is 2.33 bits per heavy atom. The van der Waals surface area contributed by atoms with Gasteiger partial charge in [-0.2, -0.15) is 0 Å². The van der Waals surface area contributed by atoms with Crippen LogP contribution in [0.15, 0.2) is 12.8 Å². The van der Waals surface area contributed by atoms with Crippen molar-refractivity contribution in [1.29, 1.82) is 0 Å². The summed E-state index contributed by atoms with van der Waals surface area (Å²) in [5, 5.41) is 10.9. The van der Waals surface area contributed by atoms with Gasteiger partial charge in [0.2, 0.25) is 0 Å². The fourth-order valence-electron chi connectivity index (χ4n) is 0.684. The highest BCUT2D eigenvalue weighted by atomic mass is 16.6. The zero-order chi connectivity index (χ0) is 9.61. The van der Waals surface area contributed by atoms with Crippen molar-refractivity contribution >= 4 is 6.09 Å². The molecule has 0 bridgehead atoms. The van der Waals surface area contributed by atoms with Crippen LogP contribution in [0.5, 0.6) is 0 Å². The molecular formula is C8H15NO3. The third-order valence-corrected chi connectivity index (χ3v) is 1.30. The lowest BCUT2D eigenvalue weighted by molar-refractivity contribution is 0.0230. The Labute approximate surface area is 72.2 Å². The quantitative estimate of drug-likeness (QED) is 0.667. The lowest BCUT2D eigenvalue weighted by Crippen LogP contribution is -2.33. The third kappa shape index (κ3) is 4.73. The summed E-state index contributed by atoms with van der Waals surface area (Å²) in [6.45, 7) is 6.77. The highest BCUT2D eigenvalue weighted by Crippen LogP contribution is 2.13. The molecule has 0 unspecified atom stereocenters. The topological polar surface area (TPSA) is 58.6 Å². The molecule has 0 aliphatic rings. The van der Waals surface area contributed by atoms with Gasteiger partial charge >= 0.3 is 6.09 Å². The molecule has 0 atom stereocenters. The lowest BCUT2D eigenvalue weighted by atomic mass is 10.1. The first kappa shape index (κ1) is 11.0. The SMILES string of the molecule is C=CNC(=O)OC(C)(C)CCO. The molecule has 0 aromatic rings. The molecule has 1 amide bonds. The summed E-state index contributed by atoms with van der Waals surface area (Å²) in [6, 6.07) is 0. The van der Waals surface area contributed by atoms with Crippen molar-refractivity contribution in [3.05, 3.63) is 12.8 Å². The summed E-state index contributed by atoms with van der Waals surface area (Å²) in [7, 11) is 0. The molecule has 0 aromatic heterocycles. The van der Waals surface area contributed by atoms with Crippen molar-refractivity contribution in [3.63, 3.8) is 0 Å². The van der Waals surface area contributed by atoms with Gasteiger partial charge in [-0.25, -0.2) is 4.79 Å². The van der Waals surface area contributed by atoms with Gasteiger partial charge in [-0.05, 0) is 20.0 Å². The van der Waals surface area contributed by atoms with Crippen molar-refractivity contribution < 1.29 is 14.6 Å². The monoisotopic (exact) mass is 173 g/mol. The summed E-state index contributed by atoms with van der Waals surface area (Å²) in [5.41, 5.74) is -0.637. The molecule has 0 heterocycles. The summed E-state index contributed by atoms with van der Waals surface area (Å²) in [5.74, 6) is 0. The highest BCUT2D eigenvalue weighted by Gasteiger charge is 2.21. The highest BCUT2D eigenvalue weighted by molar-refractivity contribution is 5.68. The number of nitrogens with one attached hydrogen (secondary N) is 1. The van der Waals surface area contributed by atoms with E-state index in [0.29, 0.717) is 6.42 Å². The summed E-state index contributed by atoms with van der Waals surface area (Å²) >= 11 is 0. The van der Waals surface area contributed by atoms with Crippen molar-refractivity contribution in [3.8, 4) is 0 Å². The van der Waals surface area contributed by atoms with E-state index in [1.807, 2.05) is 0 Å². The number of hydrogen-bond donors (Lipinski definition) is 2. The number of alkyl carbamates (subject to hydrolysis) is 1. The third-order valence-electron chi connectivity index (χ3n) is 1.30. The Morgan fingerprint density at radius 1 is 1.75 bits per heavy atom. The van der Waals surface area contributed by atoms with Crippen LogP contribution >= 0.6 is 0 Å². The molecule has 0 aromatic carbocycles. The number of amides is 1. The molecular weight excluding hydrogens is 158 g/mol. The fourth-order valence-corrected chi connectivity index (χ4v) is 0.684. The molecule has 0 aliphatic carbocycles. The standard InChI is InChI=1S/C8H15NO3/c1-4-9-7(11)12-8(2,3)5-6-10/h4,10H,1,5-6H2,2-3H3,(H,9,11). The molecule has 0 saturated heterocycles. The number of carbonyl (C=O) groups is 1. The van der Waals surface area contributed by atoms with E-state index in [1.165, 1.54) is 6.20 Å². The van der Waals surface area contributed by atoms with E-state index in [-0.39, 0.29) is 6.61 Å². The van der Waals surface area contributed by atoms with Crippen molar-refractivity contribution in [2.24, 2.45) is 0 Å². The second-order valence-electron chi connectivity index (χ2n) is 2.97. The molecule has 4 heteroatoms. The van der Waals surface area contributed by atoms with Crippen LogP contribution in [0.4, 0.5) is 4.79 Å². The average Bonchev–Trinajstić information content (AvgIpc) is 1.85. The Hall–Kier alpha value is -1.03. The number of hydrogen-bond acceptors (Lipinski definition) is 3. The predicted octanol–water partition coefficient (Wildman–Crippen LogP) is 1.02. The number of ether oxygens (including phenoxy) is 1. The van der Waals surface area contributed by atoms with Gasteiger partial charge in [0.15, 0.2) is 0 Å². The van der Waals surface area contributed by atoms with Crippen LogP contribution < -0.4 is 5.32 Å². The first-order chi connectivity index (χ1) is 5.52. The maximum Gasteiger partial charge on any atom is 0.411 e. The normalized spacial score (nSPS) is 10.6. The number of aliphatic hydroxyl groups excluding tert-OH is 1. The Balaban J connectivity index is 3.87. The van der Waals surface area contributed by atoms with Gasteiger partial charge in [0.1, 0.15) is 5.60 Å².